The lowest BCUT2D eigenvalue weighted by Gasteiger charge is -2.27. The van der Waals surface area contributed by atoms with Gasteiger partial charge >= 0.3 is 0 Å². The molecule has 106 valence electrons. The number of sulfone groups is 1. The van der Waals surface area contributed by atoms with E-state index in [1.165, 1.54) is 12.1 Å². The number of halogens is 2. The second-order valence-electron chi connectivity index (χ2n) is 5.02. The van der Waals surface area contributed by atoms with Crippen LogP contribution in [0.15, 0.2) is 18.2 Å². The van der Waals surface area contributed by atoms with Crippen LogP contribution >= 0.6 is 0 Å². The van der Waals surface area contributed by atoms with Gasteiger partial charge in [-0.2, -0.15) is 0 Å². The molecule has 1 aromatic rings. The average Bonchev–Trinajstić information content (AvgIpc) is 2.30. The number of benzene rings is 1. The highest BCUT2D eigenvalue weighted by atomic mass is 32.2. The number of hydrogen-bond donors (Lipinski definition) is 1. The summed E-state index contributed by atoms with van der Waals surface area (Å²) in [5.41, 5.74) is 0.533. The monoisotopic (exact) mass is 289 g/mol. The highest BCUT2D eigenvalue weighted by Gasteiger charge is 2.24. The Hall–Kier alpha value is -1.01. The number of nitrogens with one attached hydrogen (secondary N) is 1. The SMILES string of the molecule is CC(NC1CCS(=O)(=O)CC1)c1cc(F)cc(F)c1. The molecule has 6 heteroatoms. The Bertz CT molecular complexity index is 526. The van der Waals surface area contributed by atoms with Gasteiger partial charge in [0.25, 0.3) is 0 Å². The van der Waals surface area contributed by atoms with E-state index in [1.54, 1.807) is 0 Å². The topological polar surface area (TPSA) is 46.2 Å². The van der Waals surface area contributed by atoms with Gasteiger partial charge in [-0.05, 0) is 37.5 Å². The van der Waals surface area contributed by atoms with Crippen molar-refractivity contribution in [3.05, 3.63) is 35.4 Å². The molecular formula is C13H17F2NO2S. The summed E-state index contributed by atoms with van der Waals surface area (Å²) in [6, 6.07) is 3.28. The zero-order valence-corrected chi connectivity index (χ0v) is 11.5. The molecule has 3 nitrogen and oxygen atoms in total. The molecule has 0 spiro atoms. The van der Waals surface area contributed by atoms with E-state index >= 15 is 0 Å². The van der Waals surface area contributed by atoms with Gasteiger partial charge in [0.2, 0.25) is 0 Å². The van der Waals surface area contributed by atoms with Crippen molar-refractivity contribution in [3.8, 4) is 0 Å². The standard InChI is InChI=1S/C13H17F2NO2S/c1-9(10-6-11(14)8-12(15)7-10)16-13-2-4-19(17,18)5-3-13/h6-9,13,16H,2-5H2,1H3. The van der Waals surface area contributed by atoms with E-state index in [1.807, 2.05) is 6.92 Å². The Morgan fingerprint density at radius 3 is 2.21 bits per heavy atom. The van der Waals surface area contributed by atoms with Gasteiger partial charge in [-0.15, -0.1) is 0 Å². The van der Waals surface area contributed by atoms with Gasteiger partial charge < -0.3 is 5.32 Å². The van der Waals surface area contributed by atoms with Crippen molar-refractivity contribution in [3.63, 3.8) is 0 Å². The molecule has 1 N–H and O–H groups in total. The summed E-state index contributed by atoms with van der Waals surface area (Å²) in [4.78, 5) is 0. The van der Waals surface area contributed by atoms with E-state index in [2.05, 4.69) is 5.32 Å². The first-order chi connectivity index (χ1) is 8.85. The van der Waals surface area contributed by atoms with E-state index < -0.39 is 21.5 Å². The van der Waals surface area contributed by atoms with Crippen LogP contribution in [-0.4, -0.2) is 26.0 Å². The van der Waals surface area contributed by atoms with Crippen LogP contribution in [0.2, 0.25) is 0 Å². The van der Waals surface area contributed by atoms with Gasteiger partial charge in [-0.3, -0.25) is 0 Å². The maximum atomic E-state index is 13.1. The maximum Gasteiger partial charge on any atom is 0.150 e. The van der Waals surface area contributed by atoms with Gasteiger partial charge in [0, 0.05) is 18.2 Å². The first kappa shape index (κ1) is 14.4. The van der Waals surface area contributed by atoms with Crippen LogP contribution in [-0.2, 0) is 9.84 Å². The van der Waals surface area contributed by atoms with Crippen LogP contribution in [0.3, 0.4) is 0 Å². The fraction of sp³-hybridized carbons (Fsp3) is 0.538. The fourth-order valence-corrected chi connectivity index (χ4v) is 3.82. The smallest absolute Gasteiger partial charge is 0.150 e. The van der Waals surface area contributed by atoms with Crippen molar-refractivity contribution in [1.29, 1.82) is 0 Å². The van der Waals surface area contributed by atoms with Crippen molar-refractivity contribution in [2.75, 3.05) is 11.5 Å². The van der Waals surface area contributed by atoms with Crippen molar-refractivity contribution in [1.82, 2.24) is 5.32 Å². The molecule has 1 heterocycles. The predicted octanol–water partition coefficient (Wildman–Crippen LogP) is 2.19. The Labute approximate surface area is 111 Å². The molecule has 1 saturated heterocycles. The summed E-state index contributed by atoms with van der Waals surface area (Å²) < 4.78 is 48.9. The molecule has 1 atom stereocenters. The molecule has 1 aliphatic heterocycles. The highest BCUT2D eigenvalue weighted by Crippen LogP contribution is 2.20. The zero-order chi connectivity index (χ0) is 14.0. The molecule has 1 fully saturated rings. The molecule has 2 rings (SSSR count). The minimum atomic E-state index is -2.89. The highest BCUT2D eigenvalue weighted by molar-refractivity contribution is 7.91. The molecular weight excluding hydrogens is 272 g/mol. The van der Waals surface area contributed by atoms with Crippen LogP contribution < -0.4 is 5.32 Å². The molecule has 1 aromatic carbocycles. The van der Waals surface area contributed by atoms with E-state index in [9.17, 15) is 17.2 Å². The number of rotatable bonds is 3. The van der Waals surface area contributed by atoms with E-state index in [4.69, 9.17) is 0 Å². The molecule has 1 unspecified atom stereocenters. The van der Waals surface area contributed by atoms with Crippen LogP contribution in [0, 0.1) is 11.6 Å². The molecule has 0 aliphatic carbocycles. The summed E-state index contributed by atoms with van der Waals surface area (Å²) in [5, 5.41) is 3.23. The molecule has 0 radical (unpaired) electrons. The maximum absolute atomic E-state index is 13.1. The van der Waals surface area contributed by atoms with Crippen molar-refractivity contribution >= 4 is 9.84 Å². The summed E-state index contributed by atoms with van der Waals surface area (Å²) in [6.07, 6.45) is 1.09. The number of hydrogen-bond acceptors (Lipinski definition) is 3. The van der Waals surface area contributed by atoms with Crippen LogP contribution in [0.25, 0.3) is 0 Å². The summed E-state index contributed by atoms with van der Waals surface area (Å²) >= 11 is 0. The van der Waals surface area contributed by atoms with Crippen molar-refractivity contribution in [2.45, 2.75) is 31.8 Å². The normalized spacial score (nSPS) is 21.2. The first-order valence-corrected chi connectivity index (χ1v) is 8.10. The van der Waals surface area contributed by atoms with Gasteiger partial charge in [-0.1, -0.05) is 0 Å². The molecule has 0 amide bonds. The summed E-state index contributed by atoms with van der Waals surface area (Å²) in [6.45, 7) is 1.82. The molecule has 19 heavy (non-hydrogen) atoms. The van der Waals surface area contributed by atoms with Crippen LogP contribution in [0.1, 0.15) is 31.4 Å². The third kappa shape index (κ3) is 3.98. The lowest BCUT2D eigenvalue weighted by molar-refractivity contribution is 0.418. The summed E-state index contributed by atoms with van der Waals surface area (Å²) in [5.74, 6) is -0.853. The Balaban J connectivity index is 1.99. The van der Waals surface area contributed by atoms with Crippen LogP contribution in [0.5, 0.6) is 0 Å². The van der Waals surface area contributed by atoms with Gasteiger partial charge in [-0.25, -0.2) is 17.2 Å². The second-order valence-corrected chi connectivity index (χ2v) is 7.32. The van der Waals surface area contributed by atoms with Gasteiger partial charge in [0.15, 0.2) is 0 Å². The minimum Gasteiger partial charge on any atom is -0.307 e. The van der Waals surface area contributed by atoms with E-state index in [0.717, 1.165) is 6.07 Å². The minimum absolute atomic E-state index is 0.0739. The average molecular weight is 289 g/mol. The third-order valence-corrected chi connectivity index (χ3v) is 5.14. The van der Waals surface area contributed by atoms with Gasteiger partial charge in [0.1, 0.15) is 21.5 Å². The van der Waals surface area contributed by atoms with E-state index in [-0.39, 0.29) is 23.6 Å². The predicted molar refractivity (Wildman–Crippen MR) is 69.6 cm³/mol. The Kier molecular flexibility index (Phi) is 4.20. The van der Waals surface area contributed by atoms with Crippen LogP contribution in [0.4, 0.5) is 8.78 Å². The van der Waals surface area contributed by atoms with E-state index in [0.29, 0.717) is 18.4 Å². The molecule has 0 aromatic heterocycles. The summed E-state index contributed by atoms with van der Waals surface area (Å²) in [7, 11) is -2.89. The lowest BCUT2D eigenvalue weighted by atomic mass is 10.0. The Morgan fingerprint density at radius 2 is 1.68 bits per heavy atom. The quantitative estimate of drug-likeness (QED) is 0.928. The fourth-order valence-electron chi connectivity index (χ4n) is 2.33. The zero-order valence-electron chi connectivity index (χ0n) is 10.7. The third-order valence-electron chi connectivity index (χ3n) is 3.43. The first-order valence-electron chi connectivity index (χ1n) is 6.28. The van der Waals surface area contributed by atoms with Crippen molar-refractivity contribution < 1.29 is 17.2 Å². The molecule has 1 aliphatic rings. The molecule has 0 saturated carbocycles. The van der Waals surface area contributed by atoms with Crippen molar-refractivity contribution in [2.24, 2.45) is 0 Å². The molecule has 0 bridgehead atoms. The van der Waals surface area contributed by atoms with Gasteiger partial charge in [0.05, 0.1) is 11.5 Å². The largest absolute Gasteiger partial charge is 0.307 e. The second kappa shape index (κ2) is 5.54. The lowest BCUT2D eigenvalue weighted by Crippen LogP contribution is -2.38. The Morgan fingerprint density at radius 1 is 1.16 bits per heavy atom.